The van der Waals surface area contributed by atoms with Crippen molar-refractivity contribution in [2.24, 2.45) is 0 Å². The van der Waals surface area contributed by atoms with E-state index in [1.54, 1.807) is 13.0 Å². The maximum absolute atomic E-state index is 11.9. The van der Waals surface area contributed by atoms with Crippen molar-refractivity contribution < 1.29 is 9.53 Å². The Hall–Kier alpha value is -1.30. The number of nitrogens with one attached hydrogen (secondary N) is 1. The first-order chi connectivity index (χ1) is 9.61. The van der Waals surface area contributed by atoms with Gasteiger partial charge >= 0.3 is 5.97 Å². The highest BCUT2D eigenvalue weighted by Crippen LogP contribution is 2.25. The van der Waals surface area contributed by atoms with Crippen molar-refractivity contribution in [3.63, 3.8) is 0 Å². The molecule has 110 valence electrons. The summed E-state index contributed by atoms with van der Waals surface area (Å²) in [5.41, 5.74) is 7.79. The van der Waals surface area contributed by atoms with Gasteiger partial charge < -0.3 is 15.8 Å². The van der Waals surface area contributed by atoms with Crippen LogP contribution in [-0.2, 0) is 11.3 Å². The molecule has 1 heterocycles. The average molecular weight is 298 g/mol. The second-order valence-corrected chi connectivity index (χ2v) is 5.21. The smallest absolute Gasteiger partial charge is 0.340 e. The summed E-state index contributed by atoms with van der Waals surface area (Å²) in [5.74, 6) is -0.422. The number of rotatable bonds is 4. The Balaban J connectivity index is 2.21. The van der Waals surface area contributed by atoms with E-state index in [0.717, 1.165) is 31.7 Å². The molecule has 1 saturated heterocycles. The highest BCUT2D eigenvalue weighted by molar-refractivity contribution is 6.31. The number of ether oxygens (including phenoxy) is 1. The highest BCUT2D eigenvalue weighted by Gasteiger charge is 2.18. The molecule has 0 unspecified atom stereocenters. The number of nitrogens with two attached hydrogens (primary N) is 1. The molecule has 6 heteroatoms. The van der Waals surface area contributed by atoms with E-state index in [4.69, 9.17) is 22.1 Å². The first-order valence-electron chi connectivity index (χ1n) is 6.80. The molecule has 0 saturated carbocycles. The summed E-state index contributed by atoms with van der Waals surface area (Å²) in [6.07, 6.45) is 0. The summed E-state index contributed by atoms with van der Waals surface area (Å²) in [6, 6.07) is 3.39. The molecule has 0 aliphatic carbocycles. The number of benzene rings is 1. The van der Waals surface area contributed by atoms with Crippen LogP contribution < -0.4 is 11.1 Å². The number of carbonyl (C=O) groups excluding carboxylic acids is 1. The molecule has 2 rings (SSSR count). The molecular weight excluding hydrogens is 278 g/mol. The molecule has 1 aliphatic heterocycles. The van der Waals surface area contributed by atoms with Gasteiger partial charge in [-0.1, -0.05) is 11.6 Å². The van der Waals surface area contributed by atoms with Gasteiger partial charge in [0.2, 0.25) is 0 Å². The van der Waals surface area contributed by atoms with Crippen LogP contribution in [0, 0.1) is 0 Å². The lowest BCUT2D eigenvalue weighted by Crippen LogP contribution is -2.43. The molecule has 5 nitrogen and oxygen atoms in total. The minimum Gasteiger partial charge on any atom is -0.462 e. The summed E-state index contributed by atoms with van der Waals surface area (Å²) >= 11 is 6.09. The van der Waals surface area contributed by atoms with Gasteiger partial charge in [0.1, 0.15) is 0 Å². The summed E-state index contributed by atoms with van der Waals surface area (Å²) in [4.78, 5) is 14.2. The number of hydrogen-bond donors (Lipinski definition) is 2. The monoisotopic (exact) mass is 297 g/mol. The Kier molecular flexibility index (Phi) is 5.23. The Bertz CT molecular complexity index is 488. The minimum atomic E-state index is -0.422. The first-order valence-corrected chi connectivity index (χ1v) is 7.17. The lowest BCUT2D eigenvalue weighted by molar-refractivity contribution is 0.0527. The Morgan fingerprint density at radius 2 is 2.15 bits per heavy atom. The van der Waals surface area contributed by atoms with Gasteiger partial charge in [0.05, 0.1) is 17.9 Å². The standard InChI is InChI=1S/C14H20ClN3O2/c1-2-20-14(19)12-8-11(15)7-10(13(12)16)9-18-5-3-17-4-6-18/h7-8,17H,2-6,9,16H2,1H3. The zero-order valence-corrected chi connectivity index (χ0v) is 12.4. The van der Waals surface area contributed by atoms with Crippen molar-refractivity contribution in [1.82, 2.24) is 10.2 Å². The van der Waals surface area contributed by atoms with Crippen LogP contribution in [0.5, 0.6) is 0 Å². The Morgan fingerprint density at radius 1 is 1.45 bits per heavy atom. The molecule has 0 bridgehead atoms. The van der Waals surface area contributed by atoms with Crippen LogP contribution in [0.1, 0.15) is 22.8 Å². The van der Waals surface area contributed by atoms with Crippen LogP contribution in [-0.4, -0.2) is 43.7 Å². The molecule has 0 amide bonds. The SMILES string of the molecule is CCOC(=O)c1cc(Cl)cc(CN2CCNCC2)c1N. The molecule has 1 aromatic carbocycles. The largest absolute Gasteiger partial charge is 0.462 e. The van der Waals surface area contributed by atoms with Gasteiger partial charge in [0.25, 0.3) is 0 Å². The Morgan fingerprint density at radius 3 is 2.80 bits per heavy atom. The third-order valence-corrected chi connectivity index (χ3v) is 3.55. The minimum absolute atomic E-state index is 0.317. The quantitative estimate of drug-likeness (QED) is 0.651. The lowest BCUT2D eigenvalue weighted by Gasteiger charge is -2.28. The van der Waals surface area contributed by atoms with Crippen LogP contribution in [0.3, 0.4) is 0 Å². The third-order valence-electron chi connectivity index (χ3n) is 3.33. The maximum atomic E-state index is 11.9. The maximum Gasteiger partial charge on any atom is 0.340 e. The zero-order valence-electron chi connectivity index (χ0n) is 11.6. The second kappa shape index (κ2) is 6.92. The molecule has 0 aromatic heterocycles. The van der Waals surface area contributed by atoms with E-state index < -0.39 is 5.97 Å². The van der Waals surface area contributed by atoms with Crippen molar-refractivity contribution in [3.05, 3.63) is 28.3 Å². The van der Waals surface area contributed by atoms with Crippen molar-refractivity contribution in [1.29, 1.82) is 0 Å². The van der Waals surface area contributed by atoms with Crippen molar-refractivity contribution in [2.45, 2.75) is 13.5 Å². The number of hydrogen-bond acceptors (Lipinski definition) is 5. The van der Waals surface area contributed by atoms with Gasteiger partial charge in [-0.15, -0.1) is 0 Å². The fourth-order valence-electron chi connectivity index (χ4n) is 2.29. The van der Waals surface area contributed by atoms with Gasteiger partial charge in [-0.25, -0.2) is 4.79 Å². The van der Waals surface area contributed by atoms with Crippen LogP contribution in [0.15, 0.2) is 12.1 Å². The van der Waals surface area contributed by atoms with Crippen LogP contribution in [0.2, 0.25) is 5.02 Å². The van der Waals surface area contributed by atoms with Gasteiger partial charge in [-0.05, 0) is 24.6 Å². The third kappa shape index (κ3) is 3.62. The fourth-order valence-corrected chi connectivity index (χ4v) is 2.53. The van der Waals surface area contributed by atoms with Crippen LogP contribution in [0.25, 0.3) is 0 Å². The molecule has 0 radical (unpaired) electrons. The average Bonchev–Trinajstić information content (AvgIpc) is 2.44. The van der Waals surface area contributed by atoms with Crippen LogP contribution >= 0.6 is 11.6 Å². The van der Waals surface area contributed by atoms with E-state index in [0.29, 0.717) is 29.4 Å². The van der Waals surface area contributed by atoms with E-state index >= 15 is 0 Å². The highest BCUT2D eigenvalue weighted by atomic mass is 35.5. The fraction of sp³-hybridized carbons (Fsp3) is 0.500. The van der Waals surface area contributed by atoms with E-state index in [1.807, 2.05) is 6.07 Å². The first kappa shape index (κ1) is 15.1. The molecule has 20 heavy (non-hydrogen) atoms. The molecule has 0 spiro atoms. The summed E-state index contributed by atoms with van der Waals surface area (Å²) in [5, 5.41) is 3.81. The Labute approximate surface area is 124 Å². The van der Waals surface area contributed by atoms with Crippen molar-refractivity contribution in [3.8, 4) is 0 Å². The number of piperazine rings is 1. The van der Waals surface area contributed by atoms with E-state index in [9.17, 15) is 4.79 Å². The number of carbonyl (C=O) groups is 1. The second-order valence-electron chi connectivity index (χ2n) is 4.77. The molecule has 0 atom stereocenters. The molecule has 1 fully saturated rings. The zero-order chi connectivity index (χ0) is 14.5. The van der Waals surface area contributed by atoms with Crippen molar-refractivity contribution in [2.75, 3.05) is 38.5 Å². The van der Waals surface area contributed by atoms with E-state index in [1.165, 1.54) is 0 Å². The predicted molar refractivity (Wildman–Crippen MR) is 80.0 cm³/mol. The number of anilines is 1. The normalized spacial score (nSPS) is 16.1. The summed E-state index contributed by atoms with van der Waals surface area (Å²) < 4.78 is 5.01. The summed E-state index contributed by atoms with van der Waals surface area (Å²) in [7, 11) is 0. The van der Waals surface area contributed by atoms with Crippen molar-refractivity contribution >= 4 is 23.3 Å². The van der Waals surface area contributed by atoms with Gasteiger partial charge in [-0.2, -0.15) is 0 Å². The van der Waals surface area contributed by atoms with E-state index in [-0.39, 0.29) is 0 Å². The number of nitrogens with zero attached hydrogens (tertiary/aromatic N) is 1. The number of nitrogen functional groups attached to an aromatic ring is 1. The molecule has 1 aromatic rings. The summed E-state index contributed by atoms with van der Waals surface area (Å²) in [6.45, 7) is 6.62. The molecular formula is C14H20ClN3O2. The van der Waals surface area contributed by atoms with E-state index in [2.05, 4.69) is 10.2 Å². The lowest BCUT2D eigenvalue weighted by atomic mass is 10.1. The molecule has 3 N–H and O–H groups in total. The predicted octanol–water partition coefficient (Wildman–Crippen LogP) is 1.50. The topological polar surface area (TPSA) is 67.6 Å². The van der Waals surface area contributed by atoms with Gasteiger partial charge in [-0.3, -0.25) is 4.90 Å². The number of esters is 1. The molecule has 1 aliphatic rings. The number of halogens is 1. The van der Waals surface area contributed by atoms with Crippen LogP contribution in [0.4, 0.5) is 5.69 Å². The van der Waals surface area contributed by atoms with Gasteiger partial charge in [0, 0.05) is 37.7 Å². The van der Waals surface area contributed by atoms with Gasteiger partial charge in [0.15, 0.2) is 0 Å².